The monoisotopic (exact) mass is 313 g/mol. The molecule has 0 saturated heterocycles. The van der Waals surface area contributed by atoms with Crippen LogP contribution in [-0.2, 0) is 17.8 Å². The molecule has 2 aromatic rings. The van der Waals surface area contributed by atoms with Crippen molar-refractivity contribution in [2.45, 2.75) is 20.0 Å². The van der Waals surface area contributed by atoms with Crippen molar-refractivity contribution in [2.24, 2.45) is 5.73 Å². The third-order valence-corrected chi connectivity index (χ3v) is 3.25. The Bertz CT molecular complexity index is 684. The molecule has 0 aliphatic heterocycles. The van der Waals surface area contributed by atoms with E-state index < -0.39 is 11.8 Å². The number of pyridine rings is 1. The van der Waals surface area contributed by atoms with Crippen LogP contribution in [-0.4, -0.2) is 23.3 Å². The van der Waals surface area contributed by atoms with Gasteiger partial charge in [-0.25, -0.2) is 4.98 Å². The zero-order chi connectivity index (χ0) is 16.7. The Balaban J connectivity index is 2.07. The number of nitrogens with two attached hydrogens (primary N) is 1. The Morgan fingerprint density at radius 1 is 1.17 bits per heavy atom. The summed E-state index contributed by atoms with van der Waals surface area (Å²) in [5.74, 6) is -0.881. The lowest BCUT2D eigenvalue weighted by Crippen LogP contribution is -2.36. The molecule has 6 heteroatoms. The Hall–Kier alpha value is -2.73. The number of hydrogen-bond acceptors (Lipinski definition) is 5. The van der Waals surface area contributed by atoms with Crippen LogP contribution in [0, 0.1) is 0 Å². The third-order valence-electron chi connectivity index (χ3n) is 3.25. The molecule has 1 heterocycles. The zero-order valence-electron chi connectivity index (χ0n) is 12.9. The maximum absolute atomic E-state index is 12.0. The quantitative estimate of drug-likeness (QED) is 0.841. The number of rotatable bonds is 6. The minimum atomic E-state index is -0.627. The molecular formula is C17H19N3O3. The van der Waals surface area contributed by atoms with Gasteiger partial charge in [-0.15, -0.1) is 0 Å². The molecule has 120 valence electrons. The molecule has 0 aliphatic carbocycles. The molecule has 0 spiro atoms. The fourth-order valence-electron chi connectivity index (χ4n) is 1.95. The lowest BCUT2D eigenvalue weighted by Gasteiger charge is -2.10. The normalized spacial score (nSPS) is 10.2. The highest BCUT2D eigenvalue weighted by Gasteiger charge is 2.16. The number of carbonyl (C=O) groups excluding carboxylic acids is 2. The van der Waals surface area contributed by atoms with Gasteiger partial charge in [-0.3, -0.25) is 14.9 Å². The number of aromatic nitrogens is 1. The average Bonchev–Trinajstić information content (AvgIpc) is 2.60. The van der Waals surface area contributed by atoms with E-state index in [0.717, 1.165) is 12.0 Å². The fraction of sp³-hybridized carbons (Fsp3) is 0.235. The standard InChI is InChI=1S/C17H19N3O3/c1-2-12-5-7-13(8-6-12)11-23-14-4-3-9-19-16(14)17(22)20-15(21)10-18/h3-9H,2,10-11,18H2,1H3,(H,20,21,22). The second-order valence-electron chi connectivity index (χ2n) is 4.89. The number of imide groups is 1. The van der Waals surface area contributed by atoms with E-state index in [1.165, 1.54) is 11.8 Å². The van der Waals surface area contributed by atoms with Gasteiger partial charge in [0.1, 0.15) is 6.61 Å². The maximum atomic E-state index is 12.0. The van der Waals surface area contributed by atoms with Gasteiger partial charge in [0.15, 0.2) is 11.4 Å². The molecule has 0 bridgehead atoms. The second kappa shape index (κ2) is 8.05. The van der Waals surface area contributed by atoms with Crippen molar-refractivity contribution in [1.82, 2.24) is 10.3 Å². The molecule has 2 rings (SSSR count). The number of aryl methyl sites for hydroxylation is 1. The zero-order valence-corrected chi connectivity index (χ0v) is 12.9. The summed E-state index contributed by atoms with van der Waals surface area (Å²) in [4.78, 5) is 27.2. The Morgan fingerprint density at radius 3 is 2.52 bits per heavy atom. The van der Waals surface area contributed by atoms with E-state index in [9.17, 15) is 9.59 Å². The Morgan fingerprint density at radius 2 is 1.87 bits per heavy atom. The SMILES string of the molecule is CCc1ccc(COc2cccnc2C(=O)NC(=O)CN)cc1. The van der Waals surface area contributed by atoms with E-state index in [2.05, 4.69) is 17.2 Å². The van der Waals surface area contributed by atoms with E-state index in [1.54, 1.807) is 12.1 Å². The predicted octanol–water partition coefficient (Wildman–Crippen LogP) is 1.44. The summed E-state index contributed by atoms with van der Waals surface area (Å²) >= 11 is 0. The van der Waals surface area contributed by atoms with Gasteiger partial charge in [0.2, 0.25) is 5.91 Å². The van der Waals surface area contributed by atoms with Crippen molar-refractivity contribution in [3.8, 4) is 5.75 Å². The Kier molecular flexibility index (Phi) is 5.82. The third kappa shape index (κ3) is 4.62. The first-order valence-corrected chi connectivity index (χ1v) is 7.34. The molecule has 0 aliphatic rings. The molecule has 0 radical (unpaired) electrons. The summed E-state index contributed by atoms with van der Waals surface area (Å²) in [6.45, 7) is 2.13. The smallest absolute Gasteiger partial charge is 0.280 e. The van der Waals surface area contributed by atoms with E-state index in [-0.39, 0.29) is 12.2 Å². The lowest BCUT2D eigenvalue weighted by atomic mass is 10.1. The maximum Gasteiger partial charge on any atom is 0.280 e. The average molecular weight is 313 g/mol. The number of carbonyl (C=O) groups is 2. The van der Waals surface area contributed by atoms with Crippen molar-refractivity contribution >= 4 is 11.8 Å². The van der Waals surface area contributed by atoms with Gasteiger partial charge >= 0.3 is 0 Å². The summed E-state index contributed by atoms with van der Waals surface area (Å²) in [6.07, 6.45) is 2.44. The minimum Gasteiger partial charge on any atom is -0.486 e. The minimum absolute atomic E-state index is 0.0551. The summed E-state index contributed by atoms with van der Waals surface area (Å²) in [6, 6.07) is 11.3. The van der Waals surface area contributed by atoms with E-state index >= 15 is 0 Å². The van der Waals surface area contributed by atoms with Gasteiger partial charge < -0.3 is 10.5 Å². The lowest BCUT2D eigenvalue weighted by molar-refractivity contribution is -0.118. The molecule has 23 heavy (non-hydrogen) atoms. The summed E-state index contributed by atoms with van der Waals surface area (Å²) < 4.78 is 5.67. The molecule has 0 saturated carbocycles. The molecule has 6 nitrogen and oxygen atoms in total. The molecule has 0 fully saturated rings. The highest BCUT2D eigenvalue weighted by atomic mass is 16.5. The van der Waals surface area contributed by atoms with Gasteiger partial charge in [0.05, 0.1) is 6.54 Å². The summed E-state index contributed by atoms with van der Waals surface area (Å²) in [7, 11) is 0. The van der Waals surface area contributed by atoms with Gasteiger partial charge in [0, 0.05) is 6.20 Å². The summed E-state index contributed by atoms with van der Waals surface area (Å²) in [5.41, 5.74) is 7.46. The molecule has 0 atom stereocenters. The van der Waals surface area contributed by atoms with Crippen LogP contribution in [0.4, 0.5) is 0 Å². The second-order valence-corrected chi connectivity index (χ2v) is 4.89. The number of amides is 2. The van der Waals surface area contributed by atoms with Crippen molar-refractivity contribution in [3.05, 3.63) is 59.4 Å². The molecule has 2 amide bonds. The first-order valence-electron chi connectivity index (χ1n) is 7.34. The van der Waals surface area contributed by atoms with Crippen molar-refractivity contribution in [3.63, 3.8) is 0 Å². The first-order chi connectivity index (χ1) is 11.1. The fourth-order valence-corrected chi connectivity index (χ4v) is 1.95. The summed E-state index contributed by atoms with van der Waals surface area (Å²) in [5, 5.41) is 2.15. The predicted molar refractivity (Wildman–Crippen MR) is 85.9 cm³/mol. The van der Waals surface area contributed by atoms with Crippen molar-refractivity contribution in [1.29, 1.82) is 0 Å². The van der Waals surface area contributed by atoms with Crippen LogP contribution >= 0.6 is 0 Å². The molecule has 1 aromatic carbocycles. The largest absolute Gasteiger partial charge is 0.486 e. The van der Waals surface area contributed by atoms with Crippen LogP contribution in [0.25, 0.3) is 0 Å². The van der Waals surface area contributed by atoms with Crippen LogP contribution < -0.4 is 15.8 Å². The molecule has 3 N–H and O–H groups in total. The van der Waals surface area contributed by atoms with Gasteiger partial charge in [-0.05, 0) is 29.7 Å². The topological polar surface area (TPSA) is 94.3 Å². The van der Waals surface area contributed by atoms with E-state index in [1.807, 2.05) is 24.3 Å². The number of nitrogens with one attached hydrogen (secondary N) is 1. The van der Waals surface area contributed by atoms with Crippen molar-refractivity contribution < 1.29 is 14.3 Å². The number of benzene rings is 1. The van der Waals surface area contributed by atoms with Crippen molar-refractivity contribution in [2.75, 3.05) is 6.54 Å². The van der Waals surface area contributed by atoms with Crippen LogP contribution in [0.3, 0.4) is 0 Å². The number of ether oxygens (including phenoxy) is 1. The van der Waals surface area contributed by atoms with Gasteiger partial charge in [-0.2, -0.15) is 0 Å². The first kappa shape index (κ1) is 16.6. The highest BCUT2D eigenvalue weighted by molar-refractivity contribution is 6.05. The van der Waals surface area contributed by atoms with Gasteiger partial charge in [-0.1, -0.05) is 31.2 Å². The van der Waals surface area contributed by atoms with Crippen LogP contribution in [0.5, 0.6) is 5.75 Å². The molecular weight excluding hydrogens is 294 g/mol. The number of hydrogen-bond donors (Lipinski definition) is 2. The van der Waals surface area contributed by atoms with E-state index in [0.29, 0.717) is 12.4 Å². The van der Waals surface area contributed by atoms with Crippen LogP contribution in [0.15, 0.2) is 42.6 Å². The molecule has 1 aromatic heterocycles. The van der Waals surface area contributed by atoms with Crippen LogP contribution in [0.1, 0.15) is 28.5 Å². The van der Waals surface area contributed by atoms with E-state index in [4.69, 9.17) is 10.5 Å². The molecule has 0 unspecified atom stereocenters. The Labute approximate surface area is 134 Å². The van der Waals surface area contributed by atoms with Gasteiger partial charge in [0.25, 0.3) is 5.91 Å². The highest BCUT2D eigenvalue weighted by Crippen LogP contribution is 2.17. The number of nitrogens with zero attached hydrogens (tertiary/aromatic N) is 1. The van der Waals surface area contributed by atoms with Crippen LogP contribution in [0.2, 0.25) is 0 Å².